The summed E-state index contributed by atoms with van der Waals surface area (Å²) in [6.45, 7) is 2.02. The molecular weight excluding hydrogens is 386 g/mol. The summed E-state index contributed by atoms with van der Waals surface area (Å²) in [7, 11) is 4.59. The SMILES string of the molecule is COc1cc(C=CC(=O)Nc2nnc(Cc3ccc(C)cc3)o2)cc(OC)c1OC. The lowest BCUT2D eigenvalue weighted by molar-refractivity contribution is -0.112. The van der Waals surface area contributed by atoms with Crippen LogP contribution in [0.4, 0.5) is 6.01 Å². The van der Waals surface area contributed by atoms with Gasteiger partial charge in [0.25, 0.3) is 5.91 Å². The van der Waals surface area contributed by atoms with Crippen LogP contribution in [-0.4, -0.2) is 37.4 Å². The van der Waals surface area contributed by atoms with E-state index in [2.05, 4.69) is 15.5 Å². The monoisotopic (exact) mass is 409 g/mol. The van der Waals surface area contributed by atoms with Crippen molar-refractivity contribution in [2.24, 2.45) is 0 Å². The molecule has 30 heavy (non-hydrogen) atoms. The van der Waals surface area contributed by atoms with Crippen LogP contribution in [0, 0.1) is 6.92 Å². The number of hydrogen-bond donors (Lipinski definition) is 1. The third-order valence-electron chi connectivity index (χ3n) is 4.29. The largest absolute Gasteiger partial charge is 0.493 e. The van der Waals surface area contributed by atoms with Gasteiger partial charge in [0.1, 0.15) is 0 Å². The Morgan fingerprint density at radius 2 is 1.70 bits per heavy atom. The van der Waals surface area contributed by atoms with E-state index in [4.69, 9.17) is 18.6 Å². The van der Waals surface area contributed by atoms with Crippen molar-refractivity contribution in [3.63, 3.8) is 0 Å². The Bertz CT molecular complexity index is 1020. The average molecular weight is 409 g/mol. The van der Waals surface area contributed by atoms with Crippen molar-refractivity contribution in [3.8, 4) is 17.2 Å². The molecule has 0 saturated heterocycles. The number of aromatic nitrogens is 2. The van der Waals surface area contributed by atoms with Gasteiger partial charge in [-0.25, -0.2) is 0 Å². The molecule has 0 saturated carbocycles. The van der Waals surface area contributed by atoms with E-state index in [1.54, 1.807) is 18.2 Å². The number of rotatable bonds is 8. The van der Waals surface area contributed by atoms with Crippen molar-refractivity contribution in [1.29, 1.82) is 0 Å². The van der Waals surface area contributed by atoms with Gasteiger partial charge in [0.15, 0.2) is 11.5 Å². The van der Waals surface area contributed by atoms with Gasteiger partial charge in [-0.3, -0.25) is 10.1 Å². The summed E-state index contributed by atoms with van der Waals surface area (Å²) in [4.78, 5) is 12.2. The van der Waals surface area contributed by atoms with E-state index in [0.717, 1.165) is 5.56 Å². The molecule has 3 rings (SSSR count). The molecule has 8 heteroatoms. The van der Waals surface area contributed by atoms with Crippen molar-refractivity contribution >= 4 is 18.0 Å². The number of aryl methyl sites for hydroxylation is 1. The van der Waals surface area contributed by atoms with Crippen LogP contribution in [0.1, 0.15) is 22.6 Å². The fraction of sp³-hybridized carbons (Fsp3) is 0.227. The molecule has 1 amide bonds. The van der Waals surface area contributed by atoms with Gasteiger partial charge >= 0.3 is 6.01 Å². The second kappa shape index (κ2) is 9.60. The number of ether oxygens (including phenoxy) is 3. The molecule has 1 N–H and O–H groups in total. The molecule has 1 aromatic heterocycles. The Balaban J connectivity index is 1.65. The molecule has 0 spiro atoms. The summed E-state index contributed by atoms with van der Waals surface area (Å²) in [5.74, 6) is 1.48. The van der Waals surface area contributed by atoms with Crippen LogP contribution in [-0.2, 0) is 11.2 Å². The van der Waals surface area contributed by atoms with E-state index in [1.165, 1.54) is 33.0 Å². The first kappa shape index (κ1) is 20.9. The summed E-state index contributed by atoms with van der Waals surface area (Å²) in [6, 6.07) is 11.5. The Morgan fingerprint density at radius 1 is 1.03 bits per heavy atom. The molecule has 0 radical (unpaired) electrons. The number of amides is 1. The van der Waals surface area contributed by atoms with Crippen molar-refractivity contribution in [2.75, 3.05) is 26.6 Å². The highest BCUT2D eigenvalue weighted by atomic mass is 16.5. The van der Waals surface area contributed by atoms with Gasteiger partial charge in [-0.1, -0.05) is 34.9 Å². The molecule has 3 aromatic rings. The first-order chi connectivity index (χ1) is 14.5. The van der Waals surface area contributed by atoms with Gasteiger partial charge in [0.05, 0.1) is 27.8 Å². The van der Waals surface area contributed by atoms with Crippen LogP contribution >= 0.6 is 0 Å². The number of hydrogen-bond acceptors (Lipinski definition) is 7. The molecule has 0 atom stereocenters. The maximum absolute atomic E-state index is 12.2. The van der Waals surface area contributed by atoms with Crippen molar-refractivity contribution in [1.82, 2.24) is 10.2 Å². The van der Waals surface area contributed by atoms with Gasteiger partial charge < -0.3 is 18.6 Å². The zero-order valence-electron chi connectivity index (χ0n) is 17.3. The predicted molar refractivity (Wildman–Crippen MR) is 112 cm³/mol. The van der Waals surface area contributed by atoms with E-state index in [-0.39, 0.29) is 6.01 Å². The minimum Gasteiger partial charge on any atom is -0.493 e. The zero-order valence-corrected chi connectivity index (χ0v) is 17.3. The normalized spacial score (nSPS) is 10.8. The lowest BCUT2D eigenvalue weighted by Gasteiger charge is -2.12. The minimum atomic E-state index is -0.408. The molecule has 0 bridgehead atoms. The van der Waals surface area contributed by atoms with Gasteiger partial charge in [-0.15, -0.1) is 5.10 Å². The first-order valence-electron chi connectivity index (χ1n) is 9.19. The van der Waals surface area contributed by atoms with E-state index < -0.39 is 5.91 Å². The van der Waals surface area contributed by atoms with Crippen LogP contribution < -0.4 is 19.5 Å². The Labute approximate surface area is 174 Å². The van der Waals surface area contributed by atoms with Crippen LogP contribution in [0.5, 0.6) is 17.2 Å². The van der Waals surface area contributed by atoms with E-state index in [9.17, 15) is 4.79 Å². The van der Waals surface area contributed by atoms with Gasteiger partial charge in [0, 0.05) is 6.08 Å². The molecule has 156 valence electrons. The zero-order chi connectivity index (χ0) is 21.5. The third kappa shape index (κ3) is 5.16. The number of methoxy groups -OCH3 is 3. The standard InChI is InChI=1S/C22H23N3O5/c1-14-5-7-15(8-6-14)13-20-24-25-22(30-20)23-19(26)10-9-16-11-17(27-2)21(29-4)18(12-16)28-3/h5-12H,13H2,1-4H3,(H,23,25,26). The molecule has 0 aliphatic rings. The number of benzene rings is 2. The minimum absolute atomic E-state index is 0.0386. The summed E-state index contributed by atoms with van der Waals surface area (Å²) in [6.07, 6.45) is 3.46. The number of carbonyl (C=O) groups excluding carboxylic acids is 1. The fourth-order valence-corrected chi connectivity index (χ4v) is 2.77. The quantitative estimate of drug-likeness (QED) is 0.567. The second-order valence-electron chi connectivity index (χ2n) is 6.44. The highest BCUT2D eigenvalue weighted by Gasteiger charge is 2.13. The second-order valence-corrected chi connectivity index (χ2v) is 6.44. The van der Waals surface area contributed by atoms with Crippen LogP contribution in [0.15, 0.2) is 46.9 Å². The lowest BCUT2D eigenvalue weighted by atomic mass is 10.1. The topological polar surface area (TPSA) is 95.7 Å². The van der Waals surface area contributed by atoms with E-state index in [1.807, 2.05) is 31.2 Å². The fourth-order valence-electron chi connectivity index (χ4n) is 2.77. The summed E-state index contributed by atoms with van der Waals surface area (Å²) in [5.41, 5.74) is 2.92. The van der Waals surface area contributed by atoms with Crippen molar-refractivity contribution in [3.05, 3.63) is 65.1 Å². The van der Waals surface area contributed by atoms with Gasteiger partial charge in [0.2, 0.25) is 11.6 Å². The molecule has 8 nitrogen and oxygen atoms in total. The summed E-state index contributed by atoms with van der Waals surface area (Å²) >= 11 is 0. The van der Waals surface area contributed by atoms with E-state index in [0.29, 0.717) is 35.1 Å². The van der Waals surface area contributed by atoms with Gasteiger partial charge in [-0.2, -0.15) is 0 Å². The summed E-state index contributed by atoms with van der Waals surface area (Å²) < 4.78 is 21.4. The highest BCUT2D eigenvalue weighted by Crippen LogP contribution is 2.38. The lowest BCUT2D eigenvalue weighted by Crippen LogP contribution is -2.07. The van der Waals surface area contributed by atoms with Crippen LogP contribution in [0.2, 0.25) is 0 Å². The number of nitrogens with one attached hydrogen (secondary N) is 1. The predicted octanol–water partition coefficient (Wildman–Crippen LogP) is 3.65. The molecule has 0 aliphatic carbocycles. The third-order valence-corrected chi connectivity index (χ3v) is 4.29. The van der Waals surface area contributed by atoms with Crippen LogP contribution in [0.25, 0.3) is 6.08 Å². The maximum Gasteiger partial charge on any atom is 0.322 e. The smallest absolute Gasteiger partial charge is 0.322 e. The molecule has 0 fully saturated rings. The molecular formula is C22H23N3O5. The highest BCUT2D eigenvalue weighted by molar-refractivity contribution is 6.00. The Morgan fingerprint density at radius 3 is 2.30 bits per heavy atom. The Kier molecular flexibility index (Phi) is 6.69. The van der Waals surface area contributed by atoms with Crippen molar-refractivity contribution in [2.45, 2.75) is 13.3 Å². The Hall–Kier alpha value is -3.81. The van der Waals surface area contributed by atoms with Crippen molar-refractivity contribution < 1.29 is 23.4 Å². The molecule has 0 unspecified atom stereocenters. The average Bonchev–Trinajstić information content (AvgIpc) is 3.19. The number of anilines is 1. The number of nitrogens with zero attached hydrogens (tertiary/aromatic N) is 2. The molecule has 1 heterocycles. The summed E-state index contributed by atoms with van der Waals surface area (Å²) in [5, 5.41) is 10.4. The number of carbonyl (C=O) groups is 1. The maximum atomic E-state index is 12.2. The molecule has 0 aliphatic heterocycles. The van der Waals surface area contributed by atoms with Crippen LogP contribution in [0.3, 0.4) is 0 Å². The molecule has 2 aromatic carbocycles. The first-order valence-corrected chi connectivity index (χ1v) is 9.19. The van der Waals surface area contributed by atoms with Gasteiger partial charge in [-0.05, 0) is 36.3 Å². The van der Waals surface area contributed by atoms with E-state index >= 15 is 0 Å².